The SMILES string of the molecule is CC(C)SN1CCN(c2ccc(/C=C/c3cc(F)cc(-c4ccncc4)c3)cc2)CC1. The van der Waals surface area contributed by atoms with Gasteiger partial charge in [-0.2, -0.15) is 0 Å². The quantitative estimate of drug-likeness (QED) is 0.338. The Labute approximate surface area is 188 Å². The van der Waals surface area contributed by atoms with Gasteiger partial charge in [0.15, 0.2) is 0 Å². The minimum absolute atomic E-state index is 0.237. The van der Waals surface area contributed by atoms with E-state index >= 15 is 0 Å². The lowest BCUT2D eigenvalue weighted by molar-refractivity contribution is 0.428. The zero-order valence-electron chi connectivity index (χ0n) is 18.0. The monoisotopic (exact) mass is 433 g/mol. The van der Waals surface area contributed by atoms with E-state index in [4.69, 9.17) is 0 Å². The fraction of sp³-hybridized carbons (Fsp3) is 0.269. The van der Waals surface area contributed by atoms with E-state index in [0.717, 1.165) is 48.4 Å². The summed E-state index contributed by atoms with van der Waals surface area (Å²) in [5.41, 5.74) is 5.02. The van der Waals surface area contributed by atoms with Gasteiger partial charge < -0.3 is 4.90 Å². The Morgan fingerprint density at radius 2 is 1.52 bits per heavy atom. The second-order valence-electron chi connectivity index (χ2n) is 8.00. The number of benzene rings is 2. The van der Waals surface area contributed by atoms with E-state index in [1.807, 2.05) is 42.3 Å². The molecule has 0 radical (unpaired) electrons. The number of piperazine rings is 1. The molecule has 0 unspecified atom stereocenters. The molecule has 0 atom stereocenters. The van der Waals surface area contributed by atoms with Crippen LogP contribution in [0, 0.1) is 5.82 Å². The third-order valence-electron chi connectivity index (χ3n) is 5.26. The third kappa shape index (κ3) is 5.96. The van der Waals surface area contributed by atoms with Crippen LogP contribution in [-0.2, 0) is 0 Å². The summed E-state index contributed by atoms with van der Waals surface area (Å²) in [6.45, 7) is 8.76. The number of nitrogens with zero attached hydrogens (tertiary/aromatic N) is 3. The van der Waals surface area contributed by atoms with Crippen molar-refractivity contribution < 1.29 is 4.39 Å². The number of halogens is 1. The molecule has 0 aliphatic carbocycles. The molecule has 31 heavy (non-hydrogen) atoms. The summed E-state index contributed by atoms with van der Waals surface area (Å²) in [7, 11) is 0. The molecule has 1 aliphatic heterocycles. The molecule has 1 fully saturated rings. The maximum atomic E-state index is 14.1. The average Bonchev–Trinajstić information content (AvgIpc) is 2.78. The van der Waals surface area contributed by atoms with Crippen molar-refractivity contribution in [2.75, 3.05) is 31.1 Å². The van der Waals surface area contributed by atoms with E-state index in [9.17, 15) is 4.39 Å². The second kappa shape index (κ2) is 10.1. The molecule has 3 nitrogen and oxygen atoms in total. The van der Waals surface area contributed by atoms with Gasteiger partial charge in [0.2, 0.25) is 0 Å². The molecule has 2 aromatic carbocycles. The van der Waals surface area contributed by atoms with Crippen LogP contribution in [0.5, 0.6) is 0 Å². The Balaban J connectivity index is 1.41. The Morgan fingerprint density at radius 3 is 2.19 bits per heavy atom. The smallest absolute Gasteiger partial charge is 0.124 e. The molecule has 4 rings (SSSR count). The lowest BCUT2D eigenvalue weighted by Crippen LogP contribution is -2.43. The van der Waals surface area contributed by atoms with Crippen LogP contribution in [0.15, 0.2) is 67.0 Å². The van der Waals surface area contributed by atoms with Gasteiger partial charge in [0.05, 0.1) is 0 Å². The Hall–Kier alpha value is -2.63. The maximum absolute atomic E-state index is 14.1. The molecule has 1 saturated heterocycles. The maximum Gasteiger partial charge on any atom is 0.124 e. The standard InChI is InChI=1S/C26H28FN3S/c1-20(2)31-30-15-13-29(14-16-30)26-7-5-21(6-8-26)3-4-22-17-24(19-25(27)18-22)23-9-11-28-12-10-23/h3-12,17-20H,13-16H2,1-2H3/b4-3+. The van der Waals surface area contributed by atoms with Crippen LogP contribution < -0.4 is 4.90 Å². The first-order chi connectivity index (χ1) is 15.1. The first-order valence-electron chi connectivity index (χ1n) is 10.7. The molecule has 0 amide bonds. The van der Waals surface area contributed by atoms with E-state index in [1.54, 1.807) is 24.5 Å². The molecule has 160 valence electrons. The molecular weight excluding hydrogens is 405 g/mol. The molecule has 0 bridgehead atoms. The second-order valence-corrected chi connectivity index (χ2v) is 9.67. The highest BCUT2D eigenvalue weighted by molar-refractivity contribution is 7.97. The summed E-state index contributed by atoms with van der Waals surface area (Å²) >= 11 is 1.95. The van der Waals surface area contributed by atoms with Crippen LogP contribution in [-0.4, -0.2) is 40.7 Å². The van der Waals surface area contributed by atoms with Gasteiger partial charge >= 0.3 is 0 Å². The minimum Gasteiger partial charge on any atom is -0.369 e. The zero-order chi connectivity index (χ0) is 21.6. The number of anilines is 1. The topological polar surface area (TPSA) is 19.4 Å². The minimum atomic E-state index is -0.237. The number of aromatic nitrogens is 1. The van der Waals surface area contributed by atoms with Crippen molar-refractivity contribution in [2.45, 2.75) is 19.1 Å². The van der Waals surface area contributed by atoms with E-state index in [-0.39, 0.29) is 5.82 Å². The van der Waals surface area contributed by atoms with E-state index in [2.05, 4.69) is 52.3 Å². The van der Waals surface area contributed by atoms with Crippen molar-refractivity contribution in [3.63, 3.8) is 0 Å². The highest BCUT2D eigenvalue weighted by atomic mass is 32.2. The third-order valence-corrected chi connectivity index (χ3v) is 6.34. The van der Waals surface area contributed by atoms with Crippen LogP contribution in [0.25, 0.3) is 23.3 Å². The molecule has 0 spiro atoms. The Kier molecular flexibility index (Phi) is 7.05. The molecule has 1 aromatic heterocycles. The molecular formula is C26H28FN3S. The van der Waals surface area contributed by atoms with Crippen LogP contribution in [0.1, 0.15) is 25.0 Å². The van der Waals surface area contributed by atoms with Crippen molar-refractivity contribution in [2.24, 2.45) is 0 Å². The fourth-order valence-electron chi connectivity index (χ4n) is 3.76. The summed E-state index contributed by atoms with van der Waals surface area (Å²) in [6, 6.07) is 17.5. The summed E-state index contributed by atoms with van der Waals surface area (Å²) in [5.74, 6) is -0.237. The molecule has 0 saturated carbocycles. The van der Waals surface area contributed by atoms with Crippen molar-refractivity contribution in [3.05, 3.63) is 83.9 Å². The van der Waals surface area contributed by atoms with Crippen LogP contribution in [0.3, 0.4) is 0 Å². The number of hydrogen-bond donors (Lipinski definition) is 0. The molecule has 0 N–H and O–H groups in total. The number of rotatable bonds is 6. The normalized spacial score (nSPS) is 15.2. The zero-order valence-corrected chi connectivity index (χ0v) is 18.9. The first-order valence-corrected chi connectivity index (χ1v) is 11.6. The van der Waals surface area contributed by atoms with Gasteiger partial charge in [0, 0.05) is 49.5 Å². The van der Waals surface area contributed by atoms with Crippen molar-refractivity contribution >= 4 is 29.8 Å². The van der Waals surface area contributed by atoms with Gasteiger partial charge in [-0.25, -0.2) is 8.70 Å². The summed E-state index contributed by atoms with van der Waals surface area (Å²) in [5, 5.41) is 0.636. The predicted octanol–water partition coefficient (Wildman–Crippen LogP) is 6.24. The van der Waals surface area contributed by atoms with Crippen molar-refractivity contribution in [1.82, 2.24) is 9.29 Å². The lowest BCUT2D eigenvalue weighted by atomic mass is 10.0. The van der Waals surface area contributed by atoms with Gasteiger partial charge in [-0.05, 0) is 64.7 Å². The summed E-state index contributed by atoms with van der Waals surface area (Å²) < 4.78 is 16.6. The predicted molar refractivity (Wildman–Crippen MR) is 132 cm³/mol. The Morgan fingerprint density at radius 1 is 0.839 bits per heavy atom. The van der Waals surface area contributed by atoms with E-state index in [1.165, 1.54) is 5.69 Å². The summed E-state index contributed by atoms with van der Waals surface area (Å²) in [6.07, 6.45) is 7.44. The van der Waals surface area contributed by atoms with E-state index in [0.29, 0.717) is 5.25 Å². The van der Waals surface area contributed by atoms with Crippen molar-refractivity contribution in [3.8, 4) is 11.1 Å². The molecule has 3 aromatic rings. The van der Waals surface area contributed by atoms with Gasteiger partial charge in [-0.15, -0.1) is 0 Å². The highest BCUT2D eigenvalue weighted by Gasteiger charge is 2.18. The Bertz CT molecular complexity index is 1010. The van der Waals surface area contributed by atoms with Crippen molar-refractivity contribution in [1.29, 1.82) is 0 Å². The van der Waals surface area contributed by atoms with Gasteiger partial charge in [0.1, 0.15) is 5.82 Å². The number of hydrogen-bond acceptors (Lipinski definition) is 4. The molecule has 5 heteroatoms. The largest absolute Gasteiger partial charge is 0.369 e. The van der Waals surface area contributed by atoms with Crippen LogP contribution in [0.4, 0.5) is 10.1 Å². The highest BCUT2D eigenvalue weighted by Crippen LogP contribution is 2.24. The molecule has 2 heterocycles. The van der Waals surface area contributed by atoms with Crippen LogP contribution in [0.2, 0.25) is 0 Å². The first kappa shape index (κ1) is 21.6. The van der Waals surface area contributed by atoms with Crippen LogP contribution >= 0.6 is 11.9 Å². The average molecular weight is 434 g/mol. The fourth-order valence-corrected chi connectivity index (χ4v) is 4.73. The number of pyridine rings is 1. The van der Waals surface area contributed by atoms with Gasteiger partial charge in [0.25, 0.3) is 0 Å². The van der Waals surface area contributed by atoms with E-state index < -0.39 is 0 Å². The lowest BCUT2D eigenvalue weighted by Gasteiger charge is -2.36. The summed E-state index contributed by atoms with van der Waals surface area (Å²) in [4.78, 5) is 6.48. The molecule has 1 aliphatic rings. The van der Waals surface area contributed by atoms with Gasteiger partial charge in [-0.1, -0.05) is 50.1 Å². The van der Waals surface area contributed by atoms with Gasteiger partial charge in [-0.3, -0.25) is 4.98 Å².